The number of para-hydroxylation sites is 1. The maximum Gasteiger partial charge on any atom is 0.254 e. The molecule has 5 aromatic rings. The molecule has 9 rings (SSSR count). The second-order valence-corrected chi connectivity index (χ2v) is 13.1. The topological polar surface area (TPSA) is 70.1 Å². The van der Waals surface area contributed by atoms with E-state index in [-0.39, 0.29) is 5.91 Å². The van der Waals surface area contributed by atoms with Crippen molar-refractivity contribution < 1.29 is 9.53 Å². The molecule has 4 atom stereocenters. The van der Waals surface area contributed by atoms with Crippen molar-refractivity contribution in [1.29, 1.82) is 0 Å². The molecule has 8 nitrogen and oxygen atoms in total. The van der Waals surface area contributed by atoms with Gasteiger partial charge in [0.2, 0.25) is 0 Å². The summed E-state index contributed by atoms with van der Waals surface area (Å²) in [7, 11) is 3.66. The Morgan fingerprint density at radius 2 is 1.95 bits per heavy atom. The second kappa shape index (κ2) is 8.96. The Balaban J connectivity index is 1.19. The van der Waals surface area contributed by atoms with Crippen LogP contribution in [0.5, 0.6) is 5.75 Å². The molecule has 3 unspecified atom stereocenters. The number of likely N-dealkylation sites (tertiary alicyclic amines) is 1. The lowest BCUT2D eigenvalue weighted by molar-refractivity contribution is -0.0204. The highest BCUT2D eigenvalue weighted by molar-refractivity contribution is 6.00. The number of hydrogen-bond acceptors (Lipinski definition) is 4. The van der Waals surface area contributed by atoms with Gasteiger partial charge in [0.15, 0.2) is 5.82 Å². The summed E-state index contributed by atoms with van der Waals surface area (Å²) in [6.45, 7) is 2.62. The molecule has 42 heavy (non-hydrogen) atoms. The van der Waals surface area contributed by atoms with Gasteiger partial charge in [-0.15, -0.1) is 0 Å². The van der Waals surface area contributed by atoms with Gasteiger partial charge in [-0.2, -0.15) is 5.10 Å². The molecule has 0 spiro atoms. The van der Waals surface area contributed by atoms with Crippen LogP contribution in [0.4, 0.5) is 0 Å². The van der Waals surface area contributed by atoms with Crippen molar-refractivity contribution in [2.75, 3.05) is 13.7 Å². The highest BCUT2D eigenvalue weighted by atomic mass is 16.5. The molecule has 3 aromatic heterocycles. The van der Waals surface area contributed by atoms with Crippen LogP contribution in [0.15, 0.2) is 54.9 Å². The molecule has 0 radical (unpaired) electrons. The molecule has 1 amide bonds. The van der Waals surface area contributed by atoms with Crippen LogP contribution in [-0.4, -0.2) is 54.4 Å². The molecule has 8 heteroatoms. The minimum atomic E-state index is 0.127. The van der Waals surface area contributed by atoms with Crippen LogP contribution in [0.25, 0.3) is 33.5 Å². The summed E-state index contributed by atoms with van der Waals surface area (Å²) in [5, 5.41) is 5.62. The molecule has 1 saturated heterocycles. The normalized spacial score (nSPS) is 24.2. The van der Waals surface area contributed by atoms with Crippen LogP contribution in [-0.2, 0) is 26.6 Å². The maximum atomic E-state index is 13.9. The molecule has 4 heterocycles. The van der Waals surface area contributed by atoms with Crippen molar-refractivity contribution in [3.05, 3.63) is 66.0 Å². The Kier molecular flexibility index (Phi) is 5.23. The van der Waals surface area contributed by atoms with Crippen LogP contribution < -0.4 is 4.74 Å². The molecule has 1 aliphatic heterocycles. The molecule has 4 aliphatic rings. The van der Waals surface area contributed by atoms with E-state index < -0.39 is 0 Å². The van der Waals surface area contributed by atoms with Gasteiger partial charge in [0, 0.05) is 55.4 Å². The number of methoxy groups -OCH3 is 1. The van der Waals surface area contributed by atoms with Crippen LogP contribution in [0.3, 0.4) is 0 Å². The van der Waals surface area contributed by atoms with Gasteiger partial charge in [0.1, 0.15) is 11.3 Å². The van der Waals surface area contributed by atoms with E-state index in [1.54, 1.807) is 7.11 Å². The smallest absolute Gasteiger partial charge is 0.254 e. The average Bonchev–Trinajstić information content (AvgIpc) is 3.43. The van der Waals surface area contributed by atoms with Crippen molar-refractivity contribution >= 4 is 27.8 Å². The predicted octanol–water partition coefficient (Wildman–Crippen LogP) is 5.53. The quantitative estimate of drug-likeness (QED) is 0.250. The number of nitrogens with zero attached hydrogens (tertiary/aromatic N) is 6. The zero-order chi connectivity index (χ0) is 28.1. The van der Waals surface area contributed by atoms with Gasteiger partial charge in [-0.25, -0.2) is 4.98 Å². The largest absolute Gasteiger partial charge is 0.494 e. The molecule has 3 aliphatic carbocycles. The Morgan fingerprint density at radius 1 is 1.07 bits per heavy atom. The third kappa shape index (κ3) is 3.63. The Bertz CT molecular complexity index is 1880. The van der Waals surface area contributed by atoms with E-state index in [0.717, 1.165) is 60.4 Å². The minimum absolute atomic E-state index is 0.127. The van der Waals surface area contributed by atoms with Crippen molar-refractivity contribution in [2.45, 2.75) is 51.2 Å². The number of hydrogen-bond donors (Lipinski definition) is 0. The average molecular weight is 561 g/mol. The summed E-state index contributed by atoms with van der Waals surface area (Å²) < 4.78 is 12.6. The first-order valence-corrected chi connectivity index (χ1v) is 15.5. The number of carbonyl (C=O) groups is 1. The number of benzene rings is 2. The standard InChI is InChI=1S/C34H36N6O2/c1-37-17-21(16-35-37)9-10-38-32-26(36-33(38)29-13-22-5-3-4-6-27(22)39(29)18-20-7-8-20)12-24(15-30(32)42-2)34(41)40-19-25-11-23-14-28(40)31(23)25/h3-6,12-13,15-17,20,23,25,28,31H,7-11,14,18-19H2,1-2H3/t23?,25?,28?,31-/m1/s1. The van der Waals surface area contributed by atoms with E-state index in [2.05, 4.69) is 55.7 Å². The van der Waals surface area contributed by atoms with Gasteiger partial charge < -0.3 is 18.8 Å². The lowest BCUT2D eigenvalue weighted by atomic mass is 9.53. The van der Waals surface area contributed by atoms with Crippen molar-refractivity contribution in [1.82, 2.24) is 28.8 Å². The summed E-state index contributed by atoms with van der Waals surface area (Å²) in [6.07, 6.45) is 9.86. The van der Waals surface area contributed by atoms with E-state index in [0.29, 0.717) is 29.2 Å². The number of aromatic nitrogens is 5. The molecule has 0 N–H and O–H groups in total. The van der Waals surface area contributed by atoms with Crippen LogP contribution in [0.1, 0.15) is 41.6 Å². The molecule has 2 aromatic carbocycles. The van der Waals surface area contributed by atoms with E-state index in [4.69, 9.17) is 9.72 Å². The lowest BCUT2D eigenvalue weighted by Crippen LogP contribution is -2.53. The Hall–Kier alpha value is -4.07. The molecule has 4 fully saturated rings. The van der Waals surface area contributed by atoms with E-state index in [1.165, 1.54) is 42.1 Å². The van der Waals surface area contributed by atoms with Gasteiger partial charge in [-0.1, -0.05) is 18.2 Å². The number of carbonyl (C=O) groups excluding carboxylic acids is 1. The molecule has 3 saturated carbocycles. The molecular weight excluding hydrogens is 524 g/mol. The number of ether oxygens (including phenoxy) is 1. The molecule has 214 valence electrons. The number of rotatable bonds is 8. The first-order valence-electron chi connectivity index (χ1n) is 15.5. The highest BCUT2D eigenvalue weighted by Gasteiger charge is 2.61. The summed E-state index contributed by atoms with van der Waals surface area (Å²) in [5.74, 6) is 4.78. The summed E-state index contributed by atoms with van der Waals surface area (Å²) in [4.78, 5) is 21.4. The third-order valence-corrected chi connectivity index (χ3v) is 10.6. The highest BCUT2D eigenvalue weighted by Crippen LogP contribution is 2.60. The van der Waals surface area contributed by atoms with Crippen LogP contribution in [0.2, 0.25) is 0 Å². The number of fused-ring (bicyclic) bond motifs is 2. The Labute approximate surface area is 244 Å². The van der Waals surface area contributed by atoms with Crippen molar-refractivity contribution in [3.63, 3.8) is 0 Å². The SMILES string of the molecule is COc1cc(C(=O)N2CC3CC4CC2[C@H]43)cc2nc(-c3cc4ccccc4n3CC3CC3)n(CCc3cnn(C)c3)c12. The monoisotopic (exact) mass is 560 g/mol. The van der Waals surface area contributed by atoms with E-state index in [9.17, 15) is 4.79 Å². The van der Waals surface area contributed by atoms with E-state index in [1.807, 2.05) is 30.1 Å². The molecular formula is C34H36N6O2. The first kappa shape index (κ1) is 24.5. The lowest BCUT2D eigenvalue weighted by Gasteiger charge is -2.52. The van der Waals surface area contributed by atoms with Crippen molar-refractivity contribution in [3.8, 4) is 17.3 Å². The summed E-state index contributed by atoms with van der Waals surface area (Å²) in [6, 6.07) is 15.3. The summed E-state index contributed by atoms with van der Waals surface area (Å²) >= 11 is 0. The maximum absolute atomic E-state index is 13.9. The fraction of sp³-hybridized carbons (Fsp3) is 0.441. The van der Waals surface area contributed by atoms with E-state index >= 15 is 0 Å². The van der Waals surface area contributed by atoms with Gasteiger partial charge in [0.05, 0.1) is 24.5 Å². The minimum Gasteiger partial charge on any atom is -0.494 e. The second-order valence-electron chi connectivity index (χ2n) is 13.1. The number of amides is 1. The van der Waals surface area contributed by atoms with Crippen LogP contribution in [0, 0.1) is 23.7 Å². The third-order valence-electron chi connectivity index (χ3n) is 10.6. The van der Waals surface area contributed by atoms with Gasteiger partial charge in [0.25, 0.3) is 5.91 Å². The first-order chi connectivity index (χ1) is 20.6. The van der Waals surface area contributed by atoms with Gasteiger partial charge >= 0.3 is 0 Å². The summed E-state index contributed by atoms with van der Waals surface area (Å²) in [5.41, 5.74) is 5.99. The van der Waals surface area contributed by atoms with Crippen molar-refractivity contribution in [2.24, 2.45) is 30.7 Å². The zero-order valence-electron chi connectivity index (χ0n) is 24.2. The van der Waals surface area contributed by atoms with Gasteiger partial charge in [-0.05, 0) is 85.6 Å². The van der Waals surface area contributed by atoms with Gasteiger partial charge in [-0.3, -0.25) is 9.48 Å². The predicted molar refractivity (Wildman–Crippen MR) is 161 cm³/mol. The van der Waals surface area contributed by atoms with Crippen LogP contribution >= 0.6 is 0 Å². The fourth-order valence-electron chi connectivity index (χ4n) is 8.28. The zero-order valence-corrected chi connectivity index (χ0v) is 24.2. The number of imidazole rings is 1. The molecule has 0 bridgehead atoms. The Morgan fingerprint density at radius 3 is 2.71 bits per heavy atom. The fourth-order valence-corrected chi connectivity index (χ4v) is 8.28. The number of aryl methyl sites for hydroxylation is 3.